The molecule has 8 heteroatoms. The smallest absolute Gasteiger partial charge is 0.337 e. The third-order valence-corrected chi connectivity index (χ3v) is 4.88. The van der Waals surface area contributed by atoms with Gasteiger partial charge in [-0.2, -0.15) is 0 Å². The van der Waals surface area contributed by atoms with Gasteiger partial charge in [0.25, 0.3) is 10.0 Å². The van der Waals surface area contributed by atoms with E-state index in [1.165, 1.54) is 31.4 Å². The van der Waals surface area contributed by atoms with E-state index in [1.807, 2.05) is 0 Å². The lowest BCUT2D eigenvalue weighted by molar-refractivity contribution is 0.0600. The van der Waals surface area contributed by atoms with Crippen LogP contribution in [-0.4, -0.2) is 21.5 Å². The molecule has 0 spiro atoms. The van der Waals surface area contributed by atoms with Crippen molar-refractivity contribution in [2.75, 3.05) is 11.8 Å². The minimum atomic E-state index is -3.98. The Bertz CT molecular complexity index is 868. The molecule has 0 saturated carbocycles. The first-order valence-corrected chi connectivity index (χ1v) is 8.27. The molecule has 122 valence electrons. The normalized spacial score (nSPS) is 11.1. The number of carbonyl (C=O) groups excluding carboxylic acids is 1. The van der Waals surface area contributed by atoms with Crippen LogP contribution in [0.5, 0.6) is 0 Å². The molecule has 2 rings (SSSR count). The quantitative estimate of drug-likeness (QED) is 0.851. The molecule has 0 aliphatic heterocycles. The number of esters is 1. The zero-order chi connectivity index (χ0) is 17.2. The lowest BCUT2D eigenvalue weighted by Gasteiger charge is -2.12. The summed E-state index contributed by atoms with van der Waals surface area (Å²) in [7, 11) is -2.77. The Morgan fingerprint density at radius 2 is 1.91 bits per heavy atom. The molecule has 0 aliphatic carbocycles. The van der Waals surface area contributed by atoms with Crippen LogP contribution in [0, 0.1) is 12.7 Å². The summed E-state index contributed by atoms with van der Waals surface area (Å²) in [4.78, 5) is 11.5. The van der Waals surface area contributed by atoms with E-state index < -0.39 is 21.8 Å². The van der Waals surface area contributed by atoms with Crippen LogP contribution in [0.2, 0.25) is 5.02 Å². The summed E-state index contributed by atoms with van der Waals surface area (Å²) in [6.07, 6.45) is 0. The van der Waals surface area contributed by atoms with Gasteiger partial charge in [0.1, 0.15) is 5.82 Å². The van der Waals surface area contributed by atoms with Crippen molar-refractivity contribution in [2.24, 2.45) is 0 Å². The number of anilines is 1. The van der Waals surface area contributed by atoms with E-state index in [1.54, 1.807) is 6.92 Å². The summed E-state index contributed by atoms with van der Waals surface area (Å²) < 4.78 is 45.0. The van der Waals surface area contributed by atoms with Gasteiger partial charge in [-0.1, -0.05) is 17.7 Å². The minimum Gasteiger partial charge on any atom is -0.465 e. The molecular weight excluding hydrogens is 345 g/mol. The van der Waals surface area contributed by atoms with E-state index >= 15 is 0 Å². The highest BCUT2D eigenvalue weighted by molar-refractivity contribution is 7.92. The van der Waals surface area contributed by atoms with Gasteiger partial charge < -0.3 is 4.74 Å². The maximum Gasteiger partial charge on any atom is 0.337 e. The molecule has 2 aromatic rings. The number of nitrogens with one attached hydrogen (secondary N) is 1. The van der Waals surface area contributed by atoms with Crippen LogP contribution in [-0.2, 0) is 14.8 Å². The fourth-order valence-electron chi connectivity index (χ4n) is 1.90. The number of sulfonamides is 1. The molecule has 0 aromatic heterocycles. The van der Waals surface area contributed by atoms with Crippen molar-refractivity contribution in [1.82, 2.24) is 0 Å². The Hall–Kier alpha value is -2.12. The zero-order valence-corrected chi connectivity index (χ0v) is 13.8. The lowest BCUT2D eigenvalue weighted by atomic mass is 10.1. The van der Waals surface area contributed by atoms with Gasteiger partial charge in [-0.05, 0) is 42.8 Å². The van der Waals surface area contributed by atoms with Crippen molar-refractivity contribution < 1.29 is 22.3 Å². The summed E-state index contributed by atoms with van der Waals surface area (Å²) in [5.74, 6) is -1.30. The highest BCUT2D eigenvalue weighted by Gasteiger charge is 2.20. The Morgan fingerprint density at radius 3 is 2.52 bits per heavy atom. The molecule has 0 amide bonds. The number of ether oxygens (including phenoxy) is 1. The number of carbonyl (C=O) groups is 1. The van der Waals surface area contributed by atoms with Crippen molar-refractivity contribution in [1.29, 1.82) is 0 Å². The monoisotopic (exact) mass is 357 g/mol. The summed E-state index contributed by atoms with van der Waals surface area (Å²) in [5, 5.41) is -0.203. The molecule has 23 heavy (non-hydrogen) atoms. The SMILES string of the molecule is COC(=O)c1ccc(C)c(S(=O)(=O)Nc2ccc(F)c(Cl)c2)c1. The molecule has 0 atom stereocenters. The Morgan fingerprint density at radius 1 is 1.22 bits per heavy atom. The molecule has 0 fully saturated rings. The highest BCUT2D eigenvalue weighted by Crippen LogP contribution is 2.24. The fourth-order valence-corrected chi connectivity index (χ4v) is 3.41. The van der Waals surface area contributed by atoms with Crippen molar-refractivity contribution in [3.05, 3.63) is 58.4 Å². The van der Waals surface area contributed by atoms with Crippen LogP contribution in [0.4, 0.5) is 10.1 Å². The molecule has 0 heterocycles. The van der Waals surface area contributed by atoms with Gasteiger partial charge in [0.2, 0.25) is 0 Å². The van der Waals surface area contributed by atoms with Crippen LogP contribution < -0.4 is 4.72 Å². The van der Waals surface area contributed by atoms with Gasteiger partial charge in [0.15, 0.2) is 0 Å². The second-order valence-electron chi connectivity index (χ2n) is 4.71. The third kappa shape index (κ3) is 3.80. The van der Waals surface area contributed by atoms with Gasteiger partial charge in [-0.3, -0.25) is 4.72 Å². The van der Waals surface area contributed by atoms with E-state index in [9.17, 15) is 17.6 Å². The van der Waals surface area contributed by atoms with Gasteiger partial charge >= 0.3 is 5.97 Å². The van der Waals surface area contributed by atoms with Crippen LogP contribution in [0.25, 0.3) is 0 Å². The van der Waals surface area contributed by atoms with Crippen molar-refractivity contribution in [3.8, 4) is 0 Å². The standard InChI is InChI=1S/C15H13ClFNO4S/c1-9-3-4-10(15(19)22-2)7-14(9)23(20,21)18-11-5-6-13(17)12(16)8-11/h3-8,18H,1-2H3. The Labute approximate surface area is 138 Å². The van der Waals surface area contributed by atoms with Gasteiger partial charge in [-0.15, -0.1) is 0 Å². The second kappa shape index (κ2) is 6.55. The van der Waals surface area contributed by atoms with E-state index in [-0.39, 0.29) is 21.2 Å². The Kier molecular flexibility index (Phi) is 4.91. The second-order valence-corrected chi connectivity index (χ2v) is 6.76. The molecule has 0 saturated heterocycles. The zero-order valence-electron chi connectivity index (χ0n) is 12.3. The number of aryl methyl sites for hydroxylation is 1. The minimum absolute atomic E-state index is 0.0825. The first-order chi connectivity index (χ1) is 10.7. The largest absolute Gasteiger partial charge is 0.465 e. The van der Waals surface area contributed by atoms with Crippen LogP contribution >= 0.6 is 11.6 Å². The van der Waals surface area contributed by atoms with E-state index in [2.05, 4.69) is 9.46 Å². The van der Waals surface area contributed by atoms with E-state index in [0.29, 0.717) is 5.56 Å². The number of hydrogen-bond acceptors (Lipinski definition) is 4. The number of halogens is 2. The lowest BCUT2D eigenvalue weighted by Crippen LogP contribution is -2.15. The molecule has 2 aromatic carbocycles. The number of benzene rings is 2. The first-order valence-electron chi connectivity index (χ1n) is 6.41. The molecule has 0 aliphatic rings. The number of methoxy groups -OCH3 is 1. The molecule has 0 unspecified atom stereocenters. The predicted octanol–water partition coefficient (Wildman–Crippen LogP) is 3.37. The van der Waals surface area contributed by atoms with Crippen molar-refractivity contribution in [3.63, 3.8) is 0 Å². The molecule has 1 N–H and O–H groups in total. The number of rotatable bonds is 4. The predicted molar refractivity (Wildman–Crippen MR) is 84.7 cm³/mol. The van der Waals surface area contributed by atoms with E-state index in [4.69, 9.17) is 11.6 Å². The maximum absolute atomic E-state index is 13.1. The van der Waals surface area contributed by atoms with Crippen molar-refractivity contribution in [2.45, 2.75) is 11.8 Å². The van der Waals surface area contributed by atoms with Gasteiger partial charge in [-0.25, -0.2) is 17.6 Å². The summed E-state index contributed by atoms with van der Waals surface area (Å²) in [6, 6.07) is 7.64. The maximum atomic E-state index is 13.1. The average Bonchev–Trinajstić information content (AvgIpc) is 2.50. The van der Waals surface area contributed by atoms with Crippen LogP contribution in [0.15, 0.2) is 41.3 Å². The summed E-state index contributed by atoms with van der Waals surface area (Å²) in [5.41, 5.74) is 0.660. The van der Waals surface area contributed by atoms with E-state index in [0.717, 1.165) is 12.1 Å². The van der Waals surface area contributed by atoms with Crippen molar-refractivity contribution >= 4 is 33.3 Å². The Balaban J connectivity index is 2.42. The third-order valence-electron chi connectivity index (χ3n) is 3.07. The molecule has 0 bridgehead atoms. The first kappa shape index (κ1) is 17.2. The van der Waals surface area contributed by atoms with Gasteiger partial charge in [0.05, 0.1) is 28.3 Å². The summed E-state index contributed by atoms with van der Waals surface area (Å²) >= 11 is 5.63. The fraction of sp³-hybridized carbons (Fsp3) is 0.133. The van der Waals surface area contributed by atoms with Crippen LogP contribution in [0.1, 0.15) is 15.9 Å². The van der Waals surface area contributed by atoms with Gasteiger partial charge in [0, 0.05) is 0 Å². The topological polar surface area (TPSA) is 72.5 Å². The highest BCUT2D eigenvalue weighted by atomic mass is 35.5. The molecule has 0 radical (unpaired) electrons. The van der Waals surface area contributed by atoms with Crippen LogP contribution in [0.3, 0.4) is 0 Å². The molecule has 5 nitrogen and oxygen atoms in total. The summed E-state index contributed by atoms with van der Waals surface area (Å²) in [6.45, 7) is 1.59. The average molecular weight is 358 g/mol. The molecular formula is C15H13ClFNO4S. The number of hydrogen-bond donors (Lipinski definition) is 1.